The van der Waals surface area contributed by atoms with E-state index in [0.717, 1.165) is 6.20 Å². The smallest absolute Gasteiger partial charge is 0.313 e. The first-order valence-electron chi connectivity index (χ1n) is 5.42. The summed E-state index contributed by atoms with van der Waals surface area (Å²) >= 11 is 0. The van der Waals surface area contributed by atoms with Crippen molar-refractivity contribution in [3.8, 4) is 23.1 Å². The quantitative estimate of drug-likeness (QED) is 0.661. The minimum atomic E-state index is -0.618. The van der Waals surface area contributed by atoms with Crippen LogP contribution in [0.5, 0.6) is 5.75 Å². The van der Waals surface area contributed by atoms with Gasteiger partial charge in [-0.25, -0.2) is 9.97 Å². The zero-order chi connectivity index (χ0) is 14.7. The van der Waals surface area contributed by atoms with Crippen LogP contribution < -0.4 is 10.5 Å². The Balaban J connectivity index is 2.76. The van der Waals surface area contributed by atoms with Crippen LogP contribution in [0.25, 0.3) is 11.3 Å². The molecule has 0 amide bonds. The Morgan fingerprint density at radius 2 is 2.25 bits per heavy atom. The lowest BCUT2D eigenvalue weighted by Gasteiger charge is -2.08. The lowest BCUT2D eigenvalue weighted by atomic mass is 10.1. The molecule has 2 aromatic rings. The number of ether oxygens (including phenoxy) is 1. The Morgan fingerprint density at radius 1 is 1.50 bits per heavy atom. The number of benzene rings is 1. The van der Waals surface area contributed by atoms with Crippen LogP contribution in [0, 0.1) is 21.4 Å². The first-order chi connectivity index (χ1) is 9.56. The molecule has 20 heavy (non-hydrogen) atoms. The van der Waals surface area contributed by atoms with Gasteiger partial charge in [-0.3, -0.25) is 10.1 Å². The SMILES string of the molecule is COc1ccc(C#N)cc1-c1nc(N)ncc1[N+](=O)[O-]. The van der Waals surface area contributed by atoms with E-state index in [1.54, 1.807) is 6.07 Å². The number of nitro groups is 1. The molecule has 1 aromatic heterocycles. The van der Waals surface area contributed by atoms with E-state index >= 15 is 0 Å². The van der Waals surface area contributed by atoms with E-state index in [9.17, 15) is 10.1 Å². The molecule has 0 fully saturated rings. The zero-order valence-electron chi connectivity index (χ0n) is 10.4. The minimum absolute atomic E-state index is 0.0106. The minimum Gasteiger partial charge on any atom is -0.496 e. The Labute approximate surface area is 113 Å². The number of aromatic nitrogens is 2. The van der Waals surface area contributed by atoms with E-state index in [2.05, 4.69) is 9.97 Å². The predicted octanol–water partition coefficient (Wildman–Crippen LogP) is 1.51. The fourth-order valence-corrected chi connectivity index (χ4v) is 1.68. The number of hydrogen-bond acceptors (Lipinski definition) is 7. The van der Waals surface area contributed by atoms with Crippen molar-refractivity contribution in [1.29, 1.82) is 5.26 Å². The summed E-state index contributed by atoms with van der Waals surface area (Å²) in [6.45, 7) is 0. The van der Waals surface area contributed by atoms with E-state index in [4.69, 9.17) is 15.7 Å². The van der Waals surface area contributed by atoms with Gasteiger partial charge in [0.25, 0.3) is 0 Å². The first kappa shape index (κ1) is 13.2. The van der Waals surface area contributed by atoms with E-state index in [0.29, 0.717) is 16.9 Å². The van der Waals surface area contributed by atoms with Crippen LogP contribution >= 0.6 is 0 Å². The van der Waals surface area contributed by atoms with E-state index in [-0.39, 0.29) is 17.3 Å². The van der Waals surface area contributed by atoms with Gasteiger partial charge in [-0.2, -0.15) is 5.26 Å². The highest BCUT2D eigenvalue weighted by molar-refractivity contribution is 5.76. The number of nitriles is 1. The number of nitrogens with two attached hydrogens (primary N) is 1. The van der Waals surface area contributed by atoms with Crippen LogP contribution in [0.3, 0.4) is 0 Å². The summed E-state index contributed by atoms with van der Waals surface area (Å²) in [6, 6.07) is 6.48. The van der Waals surface area contributed by atoms with Gasteiger partial charge in [-0.15, -0.1) is 0 Å². The monoisotopic (exact) mass is 271 g/mol. The maximum Gasteiger partial charge on any atom is 0.313 e. The molecule has 0 aliphatic carbocycles. The summed E-state index contributed by atoms with van der Waals surface area (Å²) < 4.78 is 5.14. The average Bonchev–Trinajstić information content (AvgIpc) is 2.46. The third-order valence-electron chi connectivity index (χ3n) is 2.57. The molecule has 0 saturated heterocycles. The van der Waals surface area contributed by atoms with Gasteiger partial charge in [0.15, 0.2) is 5.69 Å². The van der Waals surface area contributed by atoms with Gasteiger partial charge in [0.05, 0.1) is 29.2 Å². The van der Waals surface area contributed by atoms with Crippen molar-refractivity contribution >= 4 is 11.6 Å². The van der Waals surface area contributed by atoms with Crippen LogP contribution in [0.2, 0.25) is 0 Å². The molecule has 0 atom stereocenters. The molecule has 0 aliphatic rings. The highest BCUT2D eigenvalue weighted by Crippen LogP contribution is 2.35. The number of methoxy groups -OCH3 is 1. The summed E-state index contributed by atoms with van der Waals surface area (Å²) in [6.07, 6.45) is 1.02. The summed E-state index contributed by atoms with van der Waals surface area (Å²) in [5.41, 5.74) is 5.81. The second-order valence-electron chi connectivity index (χ2n) is 3.75. The average molecular weight is 271 g/mol. The van der Waals surface area contributed by atoms with Gasteiger partial charge < -0.3 is 10.5 Å². The van der Waals surface area contributed by atoms with E-state index in [1.165, 1.54) is 19.2 Å². The molecule has 100 valence electrons. The maximum atomic E-state index is 11.0. The van der Waals surface area contributed by atoms with Crippen molar-refractivity contribution in [2.45, 2.75) is 0 Å². The molecule has 2 rings (SSSR count). The number of hydrogen-bond donors (Lipinski definition) is 1. The lowest BCUT2D eigenvalue weighted by molar-refractivity contribution is -0.384. The third-order valence-corrected chi connectivity index (χ3v) is 2.57. The molecular formula is C12H9N5O3. The van der Waals surface area contributed by atoms with Gasteiger partial charge in [0, 0.05) is 0 Å². The number of nitrogen functional groups attached to an aromatic ring is 1. The molecular weight excluding hydrogens is 262 g/mol. The number of anilines is 1. The van der Waals surface area contributed by atoms with Crippen molar-refractivity contribution in [2.24, 2.45) is 0 Å². The van der Waals surface area contributed by atoms with Crippen molar-refractivity contribution < 1.29 is 9.66 Å². The Hall–Kier alpha value is -3.21. The van der Waals surface area contributed by atoms with Gasteiger partial charge in [0.1, 0.15) is 11.9 Å². The fourth-order valence-electron chi connectivity index (χ4n) is 1.68. The molecule has 2 N–H and O–H groups in total. The van der Waals surface area contributed by atoms with Crippen LogP contribution in [0.1, 0.15) is 5.56 Å². The van der Waals surface area contributed by atoms with Crippen molar-refractivity contribution in [2.75, 3.05) is 12.8 Å². The topological polar surface area (TPSA) is 128 Å². The van der Waals surface area contributed by atoms with Crippen molar-refractivity contribution in [3.05, 3.63) is 40.1 Å². The van der Waals surface area contributed by atoms with Crippen LogP contribution in [-0.4, -0.2) is 22.0 Å². The highest BCUT2D eigenvalue weighted by Gasteiger charge is 2.21. The van der Waals surface area contributed by atoms with E-state index < -0.39 is 4.92 Å². The van der Waals surface area contributed by atoms with Gasteiger partial charge in [-0.1, -0.05) is 0 Å². The Kier molecular flexibility index (Phi) is 3.43. The first-order valence-corrected chi connectivity index (χ1v) is 5.42. The van der Waals surface area contributed by atoms with Gasteiger partial charge in [0.2, 0.25) is 5.95 Å². The van der Waals surface area contributed by atoms with Crippen LogP contribution in [-0.2, 0) is 0 Å². The van der Waals surface area contributed by atoms with Gasteiger partial charge in [-0.05, 0) is 18.2 Å². The molecule has 8 heteroatoms. The summed E-state index contributed by atoms with van der Waals surface area (Å²) in [5, 5.41) is 20.0. The fraction of sp³-hybridized carbons (Fsp3) is 0.0833. The Bertz CT molecular complexity index is 724. The number of nitrogens with zero attached hydrogens (tertiary/aromatic N) is 4. The summed E-state index contributed by atoms with van der Waals surface area (Å²) in [7, 11) is 1.42. The largest absolute Gasteiger partial charge is 0.496 e. The maximum absolute atomic E-state index is 11.0. The van der Waals surface area contributed by atoms with Gasteiger partial charge >= 0.3 is 5.69 Å². The molecule has 0 saturated carbocycles. The molecule has 1 aromatic carbocycles. The lowest BCUT2D eigenvalue weighted by Crippen LogP contribution is -2.02. The molecule has 0 aliphatic heterocycles. The molecule has 0 bridgehead atoms. The summed E-state index contributed by atoms with van der Waals surface area (Å²) in [4.78, 5) is 17.9. The normalized spacial score (nSPS) is 9.80. The molecule has 0 spiro atoms. The standard InChI is InChI=1S/C12H9N5O3/c1-20-10-3-2-7(5-13)4-8(10)11-9(17(18)19)6-15-12(14)16-11/h2-4,6H,1H3,(H2,14,15,16). The zero-order valence-corrected chi connectivity index (χ0v) is 10.4. The number of rotatable bonds is 3. The third kappa shape index (κ3) is 2.32. The van der Waals surface area contributed by atoms with Crippen molar-refractivity contribution in [3.63, 3.8) is 0 Å². The molecule has 0 unspecified atom stereocenters. The van der Waals surface area contributed by atoms with E-state index in [1.807, 2.05) is 6.07 Å². The predicted molar refractivity (Wildman–Crippen MR) is 69.8 cm³/mol. The second kappa shape index (κ2) is 5.19. The second-order valence-corrected chi connectivity index (χ2v) is 3.75. The molecule has 1 heterocycles. The van der Waals surface area contributed by atoms with Crippen LogP contribution in [0.4, 0.5) is 11.6 Å². The highest BCUT2D eigenvalue weighted by atomic mass is 16.6. The molecule has 0 radical (unpaired) electrons. The van der Waals surface area contributed by atoms with Crippen LogP contribution in [0.15, 0.2) is 24.4 Å². The molecule has 8 nitrogen and oxygen atoms in total. The summed E-state index contributed by atoms with van der Waals surface area (Å²) in [5.74, 6) is 0.250. The Morgan fingerprint density at radius 3 is 2.85 bits per heavy atom. The van der Waals surface area contributed by atoms with Crippen molar-refractivity contribution in [1.82, 2.24) is 9.97 Å².